The van der Waals surface area contributed by atoms with Crippen molar-refractivity contribution in [3.8, 4) is 11.5 Å². The summed E-state index contributed by atoms with van der Waals surface area (Å²) in [4.78, 5) is 17.8. The van der Waals surface area contributed by atoms with E-state index in [9.17, 15) is 4.79 Å². The number of hydrogen-bond donors (Lipinski definition) is 1. The van der Waals surface area contributed by atoms with E-state index in [0.29, 0.717) is 16.5 Å². The Morgan fingerprint density at radius 1 is 1.06 bits per heavy atom. The molecule has 35 heavy (non-hydrogen) atoms. The van der Waals surface area contributed by atoms with Crippen molar-refractivity contribution < 1.29 is 14.3 Å². The highest BCUT2D eigenvalue weighted by molar-refractivity contribution is 6.30. The van der Waals surface area contributed by atoms with Crippen LogP contribution >= 0.6 is 11.6 Å². The molecule has 2 atom stereocenters. The number of fused-ring (bicyclic) bond motifs is 1. The minimum absolute atomic E-state index is 0.0330. The number of aryl methyl sites for hydroxylation is 1. The number of imidazole rings is 1. The average molecular weight is 492 g/mol. The minimum atomic E-state index is -0.284. The predicted molar refractivity (Wildman–Crippen MR) is 139 cm³/mol. The number of pyridine rings is 1. The Bertz CT molecular complexity index is 1270. The number of aromatic nitrogens is 2. The third-order valence-corrected chi connectivity index (χ3v) is 6.36. The molecule has 0 spiro atoms. The lowest BCUT2D eigenvalue weighted by molar-refractivity contribution is -0.121. The summed E-state index contributed by atoms with van der Waals surface area (Å²) >= 11 is 6.29. The Morgan fingerprint density at radius 2 is 1.77 bits per heavy atom. The van der Waals surface area contributed by atoms with Gasteiger partial charge in [0.15, 0.2) is 0 Å². The van der Waals surface area contributed by atoms with E-state index in [-0.39, 0.29) is 24.3 Å². The highest BCUT2D eigenvalue weighted by atomic mass is 35.5. The molecule has 2 heterocycles. The smallest absolute Gasteiger partial charge is 0.221 e. The molecule has 1 N–H and O–H groups in total. The van der Waals surface area contributed by atoms with E-state index < -0.39 is 0 Å². The number of methoxy groups -OCH3 is 2. The fraction of sp³-hybridized carbons (Fsp3) is 0.286. The zero-order valence-corrected chi connectivity index (χ0v) is 21.0. The fourth-order valence-electron chi connectivity index (χ4n) is 4.27. The second-order valence-corrected chi connectivity index (χ2v) is 9.09. The Labute approximate surface area is 210 Å². The molecule has 0 fully saturated rings. The predicted octanol–water partition coefficient (Wildman–Crippen LogP) is 5.66. The molecule has 2 unspecified atom stereocenters. The topological polar surface area (TPSA) is 64.9 Å². The van der Waals surface area contributed by atoms with Gasteiger partial charge in [-0.3, -0.25) is 4.79 Å². The standard InChI is InChI=1S/C28H30ClN3O3/c1-19(9-10-20-7-5-4-6-8-20)31-28(33)16-25(21-13-23(34-2)15-24(14-21)35-3)26-17-30-27-12-11-22(29)18-32(26)27/h4-8,11-15,17-19,25H,9-10,16H2,1-3H3,(H,31,33). The van der Waals surface area contributed by atoms with E-state index in [0.717, 1.165) is 29.7 Å². The Hall–Kier alpha value is -3.51. The summed E-state index contributed by atoms with van der Waals surface area (Å²) in [6.45, 7) is 2.04. The molecule has 7 heteroatoms. The fourth-order valence-corrected chi connectivity index (χ4v) is 4.43. The molecule has 2 aromatic carbocycles. The number of halogens is 1. The van der Waals surface area contributed by atoms with Crippen LogP contribution in [0.4, 0.5) is 0 Å². The van der Waals surface area contributed by atoms with Crippen molar-refractivity contribution >= 4 is 23.2 Å². The SMILES string of the molecule is COc1cc(OC)cc(C(CC(=O)NC(C)CCc2ccccc2)c2cnc3ccc(Cl)cn23)c1. The largest absolute Gasteiger partial charge is 0.497 e. The van der Waals surface area contributed by atoms with E-state index in [1.165, 1.54) is 5.56 Å². The maximum atomic E-state index is 13.2. The number of benzene rings is 2. The molecule has 6 nitrogen and oxygen atoms in total. The molecule has 2 aromatic heterocycles. The van der Waals surface area contributed by atoms with E-state index in [1.54, 1.807) is 26.5 Å². The van der Waals surface area contributed by atoms with Crippen molar-refractivity contribution in [2.75, 3.05) is 14.2 Å². The van der Waals surface area contributed by atoms with Crippen LogP contribution < -0.4 is 14.8 Å². The molecule has 4 aromatic rings. The lowest BCUT2D eigenvalue weighted by atomic mass is 9.91. The first kappa shape index (κ1) is 24.6. The van der Waals surface area contributed by atoms with Crippen LogP contribution in [0.2, 0.25) is 5.02 Å². The zero-order valence-electron chi connectivity index (χ0n) is 20.2. The van der Waals surface area contributed by atoms with Gasteiger partial charge in [-0.25, -0.2) is 4.98 Å². The van der Waals surface area contributed by atoms with Gasteiger partial charge < -0.3 is 19.2 Å². The van der Waals surface area contributed by atoms with Gasteiger partial charge in [-0.1, -0.05) is 41.9 Å². The summed E-state index contributed by atoms with van der Waals surface area (Å²) in [5, 5.41) is 3.77. The van der Waals surface area contributed by atoms with Crippen molar-refractivity contribution in [3.63, 3.8) is 0 Å². The molecule has 0 radical (unpaired) electrons. The maximum Gasteiger partial charge on any atom is 0.221 e. The number of nitrogens with one attached hydrogen (secondary N) is 1. The average Bonchev–Trinajstić information content (AvgIpc) is 3.29. The molecule has 0 aliphatic carbocycles. The summed E-state index contributed by atoms with van der Waals surface area (Å²) in [6.07, 6.45) is 5.63. The second kappa shape index (κ2) is 11.3. The first-order valence-corrected chi connectivity index (χ1v) is 12.0. The third kappa shape index (κ3) is 6.14. The van der Waals surface area contributed by atoms with Crippen LogP contribution in [0, 0.1) is 0 Å². The van der Waals surface area contributed by atoms with Gasteiger partial charge in [0.05, 0.1) is 24.9 Å². The number of rotatable bonds is 10. The van der Waals surface area contributed by atoms with E-state index >= 15 is 0 Å². The van der Waals surface area contributed by atoms with Crippen LogP contribution in [0.3, 0.4) is 0 Å². The summed E-state index contributed by atoms with van der Waals surface area (Å²) in [5.41, 5.74) is 3.79. The normalized spacial score (nSPS) is 12.8. The monoisotopic (exact) mass is 491 g/mol. The molecule has 0 aliphatic rings. The lowest BCUT2D eigenvalue weighted by Crippen LogP contribution is -2.34. The van der Waals surface area contributed by atoms with Crippen molar-refractivity contribution in [2.24, 2.45) is 0 Å². The van der Waals surface area contributed by atoms with Gasteiger partial charge >= 0.3 is 0 Å². The number of nitrogens with zero attached hydrogens (tertiary/aromatic N) is 2. The number of carbonyl (C=O) groups excluding carboxylic acids is 1. The third-order valence-electron chi connectivity index (χ3n) is 6.14. The zero-order chi connectivity index (χ0) is 24.8. The highest BCUT2D eigenvalue weighted by Crippen LogP contribution is 2.34. The van der Waals surface area contributed by atoms with Crippen LogP contribution in [0.25, 0.3) is 5.65 Å². The van der Waals surface area contributed by atoms with Gasteiger partial charge in [0.1, 0.15) is 17.1 Å². The number of hydrogen-bond acceptors (Lipinski definition) is 4. The number of carbonyl (C=O) groups is 1. The van der Waals surface area contributed by atoms with E-state index in [4.69, 9.17) is 21.1 Å². The molecular weight excluding hydrogens is 462 g/mol. The summed E-state index contributed by atoms with van der Waals surface area (Å²) < 4.78 is 12.9. The molecule has 0 aliphatic heterocycles. The summed E-state index contributed by atoms with van der Waals surface area (Å²) in [7, 11) is 3.23. The first-order chi connectivity index (χ1) is 17.0. The Balaban J connectivity index is 1.59. The van der Waals surface area contributed by atoms with Crippen LogP contribution in [-0.4, -0.2) is 35.6 Å². The van der Waals surface area contributed by atoms with Gasteiger partial charge in [0.2, 0.25) is 5.91 Å². The van der Waals surface area contributed by atoms with Crippen LogP contribution in [0.5, 0.6) is 11.5 Å². The van der Waals surface area contributed by atoms with Crippen molar-refractivity contribution in [3.05, 3.63) is 94.9 Å². The van der Waals surface area contributed by atoms with Crippen LogP contribution in [0.1, 0.15) is 42.5 Å². The van der Waals surface area contributed by atoms with Gasteiger partial charge in [-0.05, 0) is 55.2 Å². The lowest BCUT2D eigenvalue weighted by Gasteiger charge is -2.21. The Morgan fingerprint density at radius 3 is 2.46 bits per heavy atom. The van der Waals surface area contributed by atoms with Crippen molar-refractivity contribution in [2.45, 2.75) is 38.1 Å². The minimum Gasteiger partial charge on any atom is -0.497 e. The number of amides is 1. The van der Waals surface area contributed by atoms with Gasteiger partial charge in [-0.2, -0.15) is 0 Å². The molecule has 0 saturated heterocycles. The van der Waals surface area contributed by atoms with Gasteiger partial charge in [0, 0.05) is 36.8 Å². The van der Waals surface area contributed by atoms with Gasteiger partial charge in [-0.15, -0.1) is 0 Å². The Kier molecular flexibility index (Phi) is 7.93. The van der Waals surface area contributed by atoms with Crippen molar-refractivity contribution in [1.82, 2.24) is 14.7 Å². The molecule has 0 saturated carbocycles. The van der Waals surface area contributed by atoms with Crippen molar-refractivity contribution in [1.29, 1.82) is 0 Å². The quantitative estimate of drug-likeness (QED) is 0.310. The molecule has 182 valence electrons. The van der Waals surface area contributed by atoms with Crippen LogP contribution in [-0.2, 0) is 11.2 Å². The summed E-state index contributed by atoms with van der Waals surface area (Å²) in [6, 6.07) is 19.7. The molecule has 4 rings (SSSR count). The first-order valence-electron chi connectivity index (χ1n) is 11.7. The van der Waals surface area contributed by atoms with E-state index in [1.807, 2.05) is 60.0 Å². The molecule has 0 bridgehead atoms. The summed E-state index contributed by atoms with van der Waals surface area (Å²) in [5.74, 6) is 1.00. The van der Waals surface area contributed by atoms with Crippen LogP contribution in [0.15, 0.2) is 73.1 Å². The molecular formula is C28H30ClN3O3. The number of ether oxygens (including phenoxy) is 2. The maximum absolute atomic E-state index is 13.2. The van der Waals surface area contributed by atoms with E-state index in [2.05, 4.69) is 22.4 Å². The molecule has 1 amide bonds. The highest BCUT2D eigenvalue weighted by Gasteiger charge is 2.24. The van der Waals surface area contributed by atoms with Gasteiger partial charge in [0.25, 0.3) is 0 Å². The second-order valence-electron chi connectivity index (χ2n) is 8.65.